The highest BCUT2D eigenvalue weighted by atomic mass is 35.5. The number of pyridine rings is 2. The summed E-state index contributed by atoms with van der Waals surface area (Å²) in [7, 11) is 0. The number of carbonyl (C=O) groups is 6. The Balaban J connectivity index is 0.000000193. The van der Waals surface area contributed by atoms with Crippen molar-refractivity contribution < 1.29 is 56.5 Å². The van der Waals surface area contributed by atoms with Crippen LogP contribution in [0.1, 0.15) is 109 Å². The Labute approximate surface area is 461 Å². The van der Waals surface area contributed by atoms with Gasteiger partial charge >= 0.3 is 0 Å². The number of amides is 5. The second kappa shape index (κ2) is 24.4. The lowest BCUT2D eigenvalue weighted by molar-refractivity contribution is -0.136. The Morgan fingerprint density at radius 3 is 1.34 bits per heavy atom. The fraction of sp³-hybridized carbons (Fsp3) is 0.333. The van der Waals surface area contributed by atoms with Gasteiger partial charge in [-0.25, -0.2) is 18.7 Å². The first-order valence-electron chi connectivity index (χ1n) is 26.0. The third-order valence-corrected chi connectivity index (χ3v) is 14.7. The normalized spacial score (nSPS) is 16.3. The molecule has 4 aliphatic heterocycles. The van der Waals surface area contributed by atoms with Gasteiger partial charge in [0, 0.05) is 95.4 Å². The zero-order valence-electron chi connectivity index (χ0n) is 44.7. The van der Waals surface area contributed by atoms with Gasteiger partial charge in [0.2, 0.25) is 34.7 Å². The zero-order valence-corrected chi connectivity index (χ0v) is 45.5. The van der Waals surface area contributed by atoms with E-state index in [1.807, 2.05) is 48.5 Å². The number of nitrogens with zero attached hydrogens (tertiary/aromatic N) is 4. The van der Waals surface area contributed by atoms with E-state index >= 15 is 0 Å². The van der Waals surface area contributed by atoms with Crippen molar-refractivity contribution in [1.82, 2.24) is 25.1 Å². The molecular formula is C60H61ClF2N6O10. The number of rotatable bonds is 10. The van der Waals surface area contributed by atoms with E-state index in [9.17, 15) is 37.5 Å². The second-order valence-corrected chi connectivity index (χ2v) is 20.7. The third kappa shape index (κ3) is 12.4. The summed E-state index contributed by atoms with van der Waals surface area (Å²) in [5, 5.41) is 2.17. The Morgan fingerprint density at radius 2 is 0.975 bits per heavy atom. The number of morpholine rings is 2. The summed E-state index contributed by atoms with van der Waals surface area (Å²) < 4.78 is 52.2. The van der Waals surface area contributed by atoms with Gasteiger partial charge in [-0.15, -0.1) is 0 Å². The third-order valence-electron chi connectivity index (χ3n) is 14.4. The summed E-state index contributed by atoms with van der Waals surface area (Å²) in [6, 6.07) is 30.8. The first-order chi connectivity index (χ1) is 37.7. The van der Waals surface area contributed by atoms with Crippen LogP contribution in [0.2, 0.25) is 0 Å². The van der Waals surface area contributed by atoms with Crippen LogP contribution in [-0.2, 0) is 28.7 Å². The number of nitrogens with two attached hydrogens (primary N) is 1. The zero-order chi connectivity index (χ0) is 56.8. The SMILES string of the molecule is CC(C)(C(N)=O)[C@@H]1c2ccc(-c3ccc(C(=O)N4CCOCC4)cc3)nc2Oc2c(F)cccc21.CCC(=O)Cl.CCC(=O)NC(=O)C(C)(C)[C@@H]1c2ccc(-c3ccc(C(=O)N4CCOCC4)cc3)nc2Oc2c(F)cccc21. The predicted octanol–water partition coefficient (Wildman–Crippen LogP) is 9.95. The maximum absolute atomic E-state index is 14.9. The van der Waals surface area contributed by atoms with Crippen LogP contribution >= 0.6 is 11.6 Å². The van der Waals surface area contributed by atoms with Crippen molar-refractivity contribution in [3.05, 3.63) is 154 Å². The van der Waals surface area contributed by atoms with Crippen molar-refractivity contribution in [2.75, 3.05) is 52.6 Å². The lowest BCUT2D eigenvalue weighted by Crippen LogP contribution is -2.44. The lowest BCUT2D eigenvalue weighted by atomic mass is 9.69. The summed E-state index contributed by atoms with van der Waals surface area (Å²) >= 11 is 4.82. The molecule has 0 spiro atoms. The number of imide groups is 1. The van der Waals surface area contributed by atoms with Gasteiger partial charge in [0.25, 0.3) is 11.8 Å². The number of hydrogen-bond acceptors (Lipinski definition) is 12. The molecule has 2 aromatic heterocycles. The number of aromatic nitrogens is 2. The van der Waals surface area contributed by atoms with E-state index in [1.165, 1.54) is 12.1 Å². The molecule has 2 atom stereocenters. The van der Waals surface area contributed by atoms with Crippen LogP contribution in [0.15, 0.2) is 109 Å². The van der Waals surface area contributed by atoms with E-state index in [-0.39, 0.29) is 52.6 Å². The average molecular weight is 1100 g/mol. The van der Waals surface area contributed by atoms with Gasteiger partial charge in [0.05, 0.1) is 48.6 Å². The molecule has 10 rings (SSSR count). The summed E-state index contributed by atoms with van der Waals surface area (Å²) in [4.78, 5) is 85.5. The molecule has 5 amide bonds. The Hall–Kier alpha value is -7.93. The molecule has 2 fully saturated rings. The second-order valence-electron chi connectivity index (χ2n) is 20.3. The van der Waals surface area contributed by atoms with Crippen molar-refractivity contribution in [3.8, 4) is 45.8 Å². The molecule has 19 heteroatoms. The Morgan fingerprint density at radius 1 is 0.582 bits per heavy atom. The van der Waals surface area contributed by atoms with E-state index in [0.29, 0.717) is 104 Å². The molecule has 16 nitrogen and oxygen atoms in total. The monoisotopic (exact) mass is 1100 g/mol. The smallest absolute Gasteiger partial charge is 0.254 e. The average Bonchev–Trinajstić information content (AvgIpc) is 3.66. The molecule has 6 aromatic rings. The maximum Gasteiger partial charge on any atom is 0.254 e. The quantitative estimate of drug-likeness (QED) is 0.123. The van der Waals surface area contributed by atoms with Crippen LogP contribution in [0.4, 0.5) is 8.78 Å². The van der Waals surface area contributed by atoms with Crippen molar-refractivity contribution in [2.24, 2.45) is 16.6 Å². The van der Waals surface area contributed by atoms with E-state index in [2.05, 4.69) is 15.3 Å². The summed E-state index contributed by atoms with van der Waals surface area (Å²) in [6.07, 6.45) is 0.598. The van der Waals surface area contributed by atoms with Crippen LogP contribution in [0.25, 0.3) is 22.5 Å². The molecule has 0 radical (unpaired) electrons. The van der Waals surface area contributed by atoms with Gasteiger partial charge in [-0.05, 0) is 60.1 Å². The molecule has 4 aliphatic rings. The lowest BCUT2D eigenvalue weighted by Gasteiger charge is -2.37. The minimum absolute atomic E-state index is 0.00815. The molecule has 4 aromatic carbocycles. The van der Waals surface area contributed by atoms with Gasteiger partial charge in [-0.1, -0.05) is 102 Å². The fourth-order valence-electron chi connectivity index (χ4n) is 9.75. The Bertz CT molecular complexity index is 3290. The molecular weight excluding hydrogens is 1040 g/mol. The molecule has 0 bridgehead atoms. The topological polar surface area (TPSA) is 210 Å². The van der Waals surface area contributed by atoms with Crippen molar-refractivity contribution >= 4 is 46.4 Å². The van der Waals surface area contributed by atoms with Gasteiger partial charge in [-0.2, -0.15) is 0 Å². The van der Waals surface area contributed by atoms with E-state index in [0.717, 1.165) is 11.1 Å². The standard InChI is InChI=1S/C30H30FN3O5.C27H26FN3O4.C3H5ClO/c1-4-24(35)33-29(37)30(2,3)25-20-6-5-7-22(31)26(20)39-27-21(25)12-13-23(32-27)18-8-10-19(11-9-18)28(36)34-14-16-38-17-15-34;1-27(2,26(29)33)22-18-4-3-5-20(28)23(18)35-24-19(22)10-11-21(30-24)16-6-8-17(9-7-16)25(32)31-12-14-34-15-13-31;1-2-3(4)5/h5-13,25H,4,14-17H2,1-3H3,(H,33,35,37);3-11,22H,12-15H2,1-2H3,(H2,29,33);2H2,1H3/t25-;22-;/m00./s1. The number of halogens is 3. The number of ether oxygens (including phenoxy) is 4. The highest BCUT2D eigenvalue weighted by Crippen LogP contribution is 2.54. The van der Waals surface area contributed by atoms with Crippen molar-refractivity contribution in [3.63, 3.8) is 0 Å². The molecule has 79 heavy (non-hydrogen) atoms. The highest BCUT2D eigenvalue weighted by molar-refractivity contribution is 6.63. The molecule has 0 aliphatic carbocycles. The number of primary amides is 1. The van der Waals surface area contributed by atoms with Crippen molar-refractivity contribution in [1.29, 1.82) is 0 Å². The number of hydrogen-bond donors (Lipinski definition) is 2. The van der Waals surface area contributed by atoms with Gasteiger partial charge < -0.3 is 34.5 Å². The van der Waals surface area contributed by atoms with Crippen LogP contribution in [-0.4, -0.2) is 107 Å². The Kier molecular flexibility index (Phi) is 17.7. The number of carbonyl (C=O) groups excluding carboxylic acids is 6. The van der Waals surface area contributed by atoms with Crippen LogP contribution in [0.3, 0.4) is 0 Å². The fourth-order valence-corrected chi connectivity index (χ4v) is 9.75. The summed E-state index contributed by atoms with van der Waals surface area (Å²) in [5.41, 5.74) is 9.79. The number of nitrogens with one attached hydrogen (secondary N) is 1. The number of benzene rings is 4. The number of para-hydroxylation sites is 2. The van der Waals surface area contributed by atoms with Gasteiger partial charge in [-0.3, -0.25) is 34.1 Å². The molecule has 0 unspecified atom stereocenters. The molecule has 3 N–H and O–H groups in total. The van der Waals surface area contributed by atoms with Crippen molar-refractivity contribution in [2.45, 2.75) is 66.2 Å². The van der Waals surface area contributed by atoms with Gasteiger partial charge in [0.15, 0.2) is 23.1 Å². The first-order valence-corrected chi connectivity index (χ1v) is 26.3. The maximum atomic E-state index is 14.9. The van der Waals surface area contributed by atoms with E-state index in [1.54, 1.807) is 99.9 Å². The summed E-state index contributed by atoms with van der Waals surface area (Å²) in [6.45, 7) is 14.7. The van der Waals surface area contributed by atoms with Crippen LogP contribution in [0.5, 0.6) is 23.3 Å². The minimum atomic E-state index is -1.13. The first kappa shape index (κ1) is 57.3. The molecule has 2 saturated heterocycles. The van der Waals surface area contributed by atoms with Crippen LogP contribution in [0, 0.1) is 22.5 Å². The van der Waals surface area contributed by atoms with Crippen LogP contribution < -0.4 is 20.5 Å². The molecule has 412 valence electrons. The predicted molar refractivity (Wildman–Crippen MR) is 291 cm³/mol. The number of fused-ring (bicyclic) bond motifs is 4. The highest BCUT2D eigenvalue weighted by Gasteiger charge is 2.46. The van der Waals surface area contributed by atoms with E-state index in [4.69, 9.17) is 36.3 Å². The largest absolute Gasteiger partial charge is 0.435 e. The minimum Gasteiger partial charge on any atom is -0.435 e. The molecule has 0 saturated carbocycles. The van der Waals surface area contributed by atoms with E-state index < -0.39 is 46.1 Å². The molecule has 6 heterocycles. The summed E-state index contributed by atoms with van der Waals surface area (Å²) in [5.74, 6) is -3.21. The van der Waals surface area contributed by atoms with Gasteiger partial charge in [0.1, 0.15) is 0 Å².